The molecule has 0 aliphatic carbocycles. The van der Waals surface area contributed by atoms with Gasteiger partial charge in [0.1, 0.15) is 5.56 Å². The second kappa shape index (κ2) is 9.72. The van der Waals surface area contributed by atoms with E-state index in [0.29, 0.717) is 43.1 Å². The molecule has 1 aliphatic rings. The van der Waals surface area contributed by atoms with Gasteiger partial charge in [-0.3, -0.25) is 14.5 Å². The van der Waals surface area contributed by atoms with Crippen LogP contribution in [0.15, 0.2) is 53.6 Å². The number of ether oxygens (including phenoxy) is 1. The summed E-state index contributed by atoms with van der Waals surface area (Å²) in [6.07, 6.45) is 3.98. The van der Waals surface area contributed by atoms with Crippen molar-refractivity contribution >= 4 is 33.8 Å². The van der Waals surface area contributed by atoms with Gasteiger partial charge in [0.2, 0.25) is 5.43 Å². The van der Waals surface area contributed by atoms with Crippen LogP contribution in [0.3, 0.4) is 0 Å². The number of aromatic nitrogens is 1. The fourth-order valence-electron chi connectivity index (χ4n) is 4.61. The molecule has 0 saturated carbocycles. The van der Waals surface area contributed by atoms with Crippen molar-refractivity contribution in [1.82, 2.24) is 14.6 Å². The molecule has 1 saturated heterocycles. The van der Waals surface area contributed by atoms with Crippen molar-refractivity contribution in [3.8, 4) is 0 Å². The van der Waals surface area contributed by atoms with Gasteiger partial charge in [-0.2, -0.15) is 0 Å². The summed E-state index contributed by atoms with van der Waals surface area (Å²) >= 11 is 5.93. The van der Waals surface area contributed by atoms with Crippen molar-refractivity contribution in [2.24, 2.45) is 0 Å². The Hall–Kier alpha value is -2.97. The molecule has 1 fully saturated rings. The van der Waals surface area contributed by atoms with Gasteiger partial charge < -0.3 is 19.6 Å². The zero-order valence-corrected chi connectivity index (χ0v) is 19.5. The second-order valence-electron chi connectivity index (χ2n) is 8.64. The lowest BCUT2D eigenvalue weighted by Gasteiger charge is -2.26. The van der Waals surface area contributed by atoms with Crippen LogP contribution in [0.5, 0.6) is 0 Å². The average Bonchev–Trinajstić information content (AvgIpc) is 3.19. The third kappa shape index (κ3) is 4.52. The lowest BCUT2D eigenvalue weighted by molar-refractivity contribution is 0.0342. The number of amides is 1. The van der Waals surface area contributed by atoms with Crippen LogP contribution in [0.4, 0.5) is 0 Å². The monoisotopic (exact) mass is 479 g/mol. The Labute approximate surface area is 201 Å². The van der Waals surface area contributed by atoms with E-state index in [1.807, 2.05) is 28.8 Å². The predicted molar refractivity (Wildman–Crippen MR) is 132 cm³/mol. The molecule has 0 atom stereocenters. The number of morpholine rings is 1. The molecule has 0 bridgehead atoms. The molecule has 5 rings (SSSR count). The van der Waals surface area contributed by atoms with Crippen LogP contribution in [0, 0.1) is 0 Å². The lowest BCUT2D eigenvalue weighted by atomic mass is 10.0. The van der Waals surface area contributed by atoms with E-state index < -0.39 is 5.91 Å². The van der Waals surface area contributed by atoms with E-state index in [2.05, 4.69) is 16.3 Å². The molecule has 2 N–H and O–H groups in total. The quantitative estimate of drug-likeness (QED) is 0.426. The van der Waals surface area contributed by atoms with E-state index in [9.17, 15) is 14.7 Å². The number of nitrogens with one attached hydrogen (secondary N) is 1. The number of rotatable bonds is 7. The van der Waals surface area contributed by atoms with Gasteiger partial charge in [0, 0.05) is 61.0 Å². The zero-order chi connectivity index (χ0) is 23.7. The van der Waals surface area contributed by atoms with Crippen molar-refractivity contribution in [2.75, 3.05) is 32.9 Å². The Bertz CT molecular complexity index is 1380. The molecule has 0 unspecified atom stereocenters. The van der Waals surface area contributed by atoms with Crippen molar-refractivity contribution < 1.29 is 14.6 Å². The van der Waals surface area contributed by atoms with Crippen molar-refractivity contribution in [3.63, 3.8) is 0 Å². The first-order chi connectivity index (χ1) is 16.5. The first kappa shape index (κ1) is 22.8. The van der Waals surface area contributed by atoms with Crippen molar-refractivity contribution in [3.05, 3.63) is 86.3 Å². The standard InChI is InChI=1S/C26H26ClN3O4/c27-20-3-1-17(2-4-20)13-28-26(33)23-16-30-15-19(5-8-31)21-11-18(12-22(24(21)30)25(23)32)14-29-6-9-34-10-7-29/h1-4,11-12,15-16,31H,5-10,13-14H2,(H,28,33). The normalized spacial score (nSPS) is 14.8. The summed E-state index contributed by atoms with van der Waals surface area (Å²) in [6, 6.07) is 11.2. The summed E-state index contributed by atoms with van der Waals surface area (Å²) in [7, 11) is 0. The zero-order valence-electron chi connectivity index (χ0n) is 18.7. The molecule has 7 nitrogen and oxygen atoms in total. The highest BCUT2D eigenvalue weighted by Crippen LogP contribution is 2.28. The fourth-order valence-corrected chi connectivity index (χ4v) is 4.73. The van der Waals surface area contributed by atoms with Crippen molar-refractivity contribution in [1.29, 1.82) is 0 Å². The molecular formula is C26H26ClN3O4. The minimum Gasteiger partial charge on any atom is -0.396 e. The van der Waals surface area contributed by atoms with E-state index in [1.54, 1.807) is 18.3 Å². The summed E-state index contributed by atoms with van der Waals surface area (Å²) in [6.45, 7) is 4.07. The number of pyridine rings is 1. The summed E-state index contributed by atoms with van der Waals surface area (Å²) in [5.74, 6) is -0.422. The minimum absolute atomic E-state index is 0.00817. The molecule has 2 aromatic carbocycles. The maximum Gasteiger partial charge on any atom is 0.257 e. The highest BCUT2D eigenvalue weighted by atomic mass is 35.5. The van der Waals surface area contributed by atoms with Crippen LogP contribution in [0.25, 0.3) is 16.3 Å². The third-order valence-corrected chi connectivity index (χ3v) is 6.58. The molecular weight excluding hydrogens is 454 g/mol. The van der Waals surface area contributed by atoms with Crippen LogP contribution in [-0.4, -0.2) is 53.2 Å². The summed E-state index contributed by atoms with van der Waals surface area (Å²) < 4.78 is 7.29. The van der Waals surface area contributed by atoms with Gasteiger partial charge in [0.05, 0.1) is 18.7 Å². The summed E-state index contributed by atoms with van der Waals surface area (Å²) in [4.78, 5) is 28.8. The summed E-state index contributed by atoms with van der Waals surface area (Å²) in [5.41, 5.74) is 3.45. The molecule has 0 spiro atoms. The molecule has 4 aromatic rings. The number of hydrogen-bond acceptors (Lipinski definition) is 5. The third-order valence-electron chi connectivity index (χ3n) is 6.33. The number of halogens is 1. The average molecular weight is 480 g/mol. The Balaban J connectivity index is 1.52. The van der Waals surface area contributed by atoms with Gasteiger partial charge in [0.25, 0.3) is 5.91 Å². The topological polar surface area (TPSA) is 83.3 Å². The minimum atomic E-state index is -0.422. The van der Waals surface area contributed by atoms with Gasteiger partial charge in [-0.05, 0) is 47.4 Å². The molecule has 0 radical (unpaired) electrons. The smallest absolute Gasteiger partial charge is 0.257 e. The number of aliphatic hydroxyl groups excluding tert-OH is 1. The molecule has 176 valence electrons. The van der Waals surface area contributed by atoms with Gasteiger partial charge in [-0.15, -0.1) is 0 Å². The fraction of sp³-hybridized carbons (Fsp3) is 0.308. The van der Waals surface area contributed by atoms with Gasteiger partial charge in [-0.25, -0.2) is 0 Å². The van der Waals surface area contributed by atoms with Gasteiger partial charge in [-0.1, -0.05) is 23.7 Å². The van der Waals surface area contributed by atoms with E-state index in [0.717, 1.165) is 40.7 Å². The highest BCUT2D eigenvalue weighted by Gasteiger charge is 2.20. The molecule has 1 aliphatic heterocycles. The number of aliphatic hydroxyl groups is 1. The molecule has 2 aromatic heterocycles. The highest BCUT2D eigenvalue weighted by molar-refractivity contribution is 6.30. The number of nitrogens with zero attached hydrogens (tertiary/aromatic N) is 2. The van der Waals surface area contributed by atoms with Crippen LogP contribution in [0.2, 0.25) is 5.02 Å². The molecule has 3 heterocycles. The number of carbonyl (C=O) groups is 1. The molecule has 34 heavy (non-hydrogen) atoms. The Morgan fingerprint density at radius 1 is 1.06 bits per heavy atom. The number of hydrogen-bond donors (Lipinski definition) is 2. The van der Waals surface area contributed by atoms with E-state index in [4.69, 9.17) is 16.3 Å². The van der Waals surface area contributed by atoms with E-state index in [1.165, 1.54) is 0 Å². The van der Waals surface area contributed by atoms with Crippen LogP contribution >= 0.6 is 11.6 Å². The molecule has 1 amide bonds. The molecule has 8 heteroatoms. The lowest BCUT2D eigenvalue weighted by Crippen LogP contribution is -2.35. The summed E-state index contributed by atoms with van der Waals surface area (Å²) in [5, 5.41) is 14.5. The van der Waals surface area contributed by atoms with Crippen LogP contribution < -0.4 is 10.7 Å². The van der Waals surface area contributed by atoms with Crippen LogP contribution in [-0.2, 0) is 24.2 Å². The first-order valence-corrected chi connectivity index (χ1v) is 11.8. The largest absolute Gasteiger partial charge is 0.396 e. The maximum atomic E-state index is 13.5. The first-order valence-electron chi connectivity index (χ1n) is 11.4. The van der Waals surface area contributed by atoms with E-state index >= 15 is 0 Å². The SMILES string of the molecule is O=C(NCc1ccc(Cl)cc1)c1cn2cc(CCO)c3cc(CN4CCOCC4)cc(c1=O)c32. The van der Waals surface area contributed by atoms with Gasteiger partial charge in [0.15, 0.2) is 0 Å². The Kier molecular flexibility index (Phi) is 6.52. The Morgan fingerprint density at radius 3 is 2.53 bits per heavy atom. The predicted octanol–water partition coefficient (Wildman–Crippen LogP) is 2.84. The van der Waals surface area contributed by atoms with Crippen molar-refractivity contribution in [2.45, 2.75) is 19.5 Å². The van der Waals surface area contributed by atoms with Gasteiger partial charge >= 0.3 is 0 Å². The Morgan fingerprint density at radius 2 is 1.79 bits per heavy atom. The number of benzene rings is 2. The van der Waals surface area contributed by atoms with E-state index in [-0.39, 0.29) is 17.6 Å². The number of carbonyl (C=O) groups excluding carboxylic acids is 1. The maximum absolute atomic E-state index is 13.5. The van der Waals surface area contributed by atoms with Crippen LogP contribution in [0.1, 0.15) is 27.0 Å². The second-order valence-corrected chi connectivity index (χ2v) is 9.08.